The topological polar surface area (TPSA) is 23.8 Å². The summed E-state index contributed by atoms with van der Waals surface area (Å²) < 4.78 is 0.954. The summed E-state index contributed by atoms with van der Waals surface area (Å²) in [6, 6.07) is 8.03. The van der Waals surface area contributed by atoms with Crippen molar-refractivity contribution in [1.82, 2.24) is 0 Å². The van der Waals surface area contributed by atoms with Crippen LogP contribution in [0.2, 0.25) is 5.02 Å². The Morgan fingerprint density at radius 3 is 2.62 bits per heavy atom. The van der Waals surface area contributed by atoms with Crippen molar-refractivity contribution < 1.29 is 0 Å². The van der Waals surface area contributed by atoms with E-state index in [1.165, 1.54) is 0 Å². The summed E-state index contributed by atoms with van der Waals surface area (Å²) in [4.78, 5) is 0. The zero-order valence-electron chi connectivity index (χ0n) is 6.85. The predicted molar refractivity (Wildman–Crippen MR) is 55.7 cm³/mol. The van der Waals surface area contributed by atoms with E-state index in [0.29, 0.717) is 5.02 Å². The van der Waals surface area contributed by atoms with Crippen LogP contribution in [-0.4, -0.2) is 0 Å². The molecule has 0 aromatic heterocycles. The molecule has 13 heavy (non-hydrogen) atoms. The van der Waals surface area contributed by atoms with Crippen LogP contribution < -0.4 is 0 Å². The molecule has 0 amide bonds. The van der Waals surface area contributed by atoms with E-state index in [4.69, 9.17) is 16.9 Å². The van der Waals surface area contributed by atoms with Crippen LogP contribution in [0.3, 0.4) is 0 Å². The molecular weight excluding hydrogens is 249 g/mol. The third-order valence-electron chi connectivity index (χ3n) is 2.41. The minimum absolute atomic E-state index is 0.280. The van der Waals surface area contributed by atoms with Crippen molar-refractivity contribution in [3.05, 3.63) is 33.3 Å². The quantitative estimate of drug-likeness (QED) is 0.752. The monoisotopic (exact) mass is 255 g/mol. The highest BCUT2D eigenvalue weighted by atomic mass is 79.9. The van der Waals surface area contributed by atoms with Gasteiger partial charge in [-0.3, -0.25) is 0 Å². The summed E-state index contributed by atoms with van der Waals surface area (Å²) >= 11 is 9.39. The van der Waals surface area contributed by atoms with Crippen molar-refractivity contribution in [3.8, 4) is 6.07 Å². The van der Waals surface area contributed by atoms with Crippen molar-refractivity contribution in [1.29, 1.82) is 5.26 Å². The maximum Gasteiger partial charge on any atom is 0.0838 e. The second kappa shape index (κ2) is 3.01. The molecule has 1 aromatic rings. The highest BCUT2D eigenvalue weighted by molar-refractivity contribution is 9.10. The van der Waals surface area contributed by atoms with E-state index in [1.807, 2.05) is 18.2 Å². The predicted octanol–water partition coefficient (Wildman–Crippen LogP) is 3.66. The lowest BCUT2D eigenvalue weighted by Gasteiger charge is -2.08. The van der Waals surface area contributed by atoms with E-state index in [9.17, 15) is 0 Å². The Kier molecular flexibility index (Phi) is 2.09. The molecule has 2 rings (SSSR count). The van der Waals surface area contributed by atoms with Crippen LogP contribution in [0.25, 0.3) is 0 Å². The first-order valence-corrected chi connectivity index (χ1v) is 5.22. The highest BCUT2D eigenvalue weighted by Crippen LogP contribution is 2.50. The Morgan fingerprint density at radius 2 is 2.15 bits per heavy atom. The molecule has 0 unspecified atom stereocenters. The number of rotatable bonds is 1. The zero-order chi connectivity index (χ0) is 9.47. The Hall–Kier alpha value is -0.520. The van der Waals surface area contributed by atoms with Gasteiger partial charge in [-0.25, -0.2) is 0 Å². The SMILES string of the molecule is N#CC1(c2ccc(Br)cc2Cl)CC1. The molecule has 1 aliphatic rings. The first kappa shape index (κ1) is 9.05. The van der Waals surface area contributed by atoms with E-state index < -0.39 is 0 Å². The van der Waals surface area contributed by atoms with Crippen molar-refractivity contribution >= 4 is 27.5 Å². The molecule has 0 bridgehead atoms. The van der Waals surface area contributed by atoms with E-state index in [2.05, 4.69) is 22.0 Å². The van der Waals surface area contributed by atoms with Gasteiger partial charge in [0.1, 0.15) is 0 Å². The smallest absolute Gasteiger partial charge is 0.0838 e. The molecule has 1 saturated carbocycles. The lowest BCUT2D eigenvalue weighted by atomic mass is 9.98. The number of benzene rings is 1. The summed E-state index contributed by atoms with van der Waals surface area (Å²) in [5, 5.41) is 9.67. The molecular formula is C10H7BrClN. The van der Waals surface area contributed by atoms with Gasteiger partial charge >= 0.3 is 0 Å². The van der Waals surface area contributed by atoms with Gasteiger partial charge in [-0.1, -0.05) is 33.6 Å². The molecule has 0 atom stereocenters. The molecule has 1 aliphatic carbocycles. The van der Waals surface area contributed by atoms with Crippen LogP contribution in [0.4, 0.5) is 0 Å². The summed E-state index contributed by atoms with van der Waals surface area (Å²) in [7, 11) is 0. The molecule has 1 nitrogen and oxygen atoms in total. The van der Waals surface area contributed by atoms with E-state index >= 15 is 0 Å². The third kappa shape index (κ3) is 1.47. The normalized spacial score (nSPS) is 17.9. The van der Waals surface area contributed by atoms with E-state index in [1.54, 1.807) is 0 Å². The van der Waals surface area contributed by atoms with Gasteiger partial charge in [0.2, 0.25) is 0 Å². The molecule has 1 aromatic carbocycles. The van der Waals surface area contributed by atoms with Crippen LogP contribution >= 0.6 is 27.5 Å². The van der Waals surface area contributed by atoms with Crippen molar-refractivity contribution in [3.63, 3.8) is 0 Å². The molecule has 66 valence electrons. The number of halogens is 2. The average molecular weight is 257 g/mol. The molecule has 0 spiro atoms. The first-order chi connectivity index (χ1) is 6.18. The Labute approximate surface area is 90.4 Å². The summed E-state index contributed by atoms with van der Waals surface area (Å²) in [5.41, 5.74) is 0.692. The van der Waals surface area contributed by atoms with Gasteiger partial charge < -0.3 is 0 Å². The minimum atomic E-state index is -0.280. The molecule has 1 fully saturated rings. The molecule has 3 heteroatoms. The molecule has 0 N–H and O–H groups in total. The summed E-state index contributed by atoms with van der Waals surface area (Å²) in [5.74, 6) is 0. The summed E-state index contributed by atoms with van der Waals surface area (Å²) in [6.45, 7) is 0. The van der Waals surface area contributed by atoms with E-state index in [-0.39, 0.29) is 5.41 Å². The van der Waals surface area contributed by atoms with Gasteiger partial charge in [0.05, 0.1) is 11.5 Å². The maximum atomic E-state index is 8.98. The Morgan fingerprint density at radius 1 is 1.46 bits per heavy atom. The molecule has 0 radical (unpaired) electrons. The fourth-order valence-corrected chi connectivity index (χ4v) is 2.30. The lowest BCUT2D eigenvalue weighted by molar-refractivity contribution is 0.908. The van der Waals surface area contributed by atoms with Crippen LogP contribution in [0.5, 0.6) is 0 Å². The Balaban J connectivity index is 2.48. The maximum absolute atomic E-state index is 8.98. The van der Waals surface area contributed by atoms with Crippen LogP contribution in [0, 0.1) is 11.3 Å². The largest absolute Gasteiger partial charge is 0.197 e. The van der Waals surface area contributed by atoms with Crippen LogP contribution in [0.1, 0.15) is 18.4 Å². The molecule has 0 heterocycles. The number of nitrogens with zero attached hydrogens (tertiary/aromatic N) is 1. The van der Waals surface area contributed by atoms with Gasteiger partial charge in [0.25, 0.3) is 0 Å². The first-order valence-electron chi connectivity index (χ1n) is 4.05. The third-order valence-corrected chi connectivity index (χ3v) is 3.22. The van der Waals surface area contributed by atoms with E-state index in [0.717, 1.165) is 22.9 Å². The van der Waals surface area contributed by atoms with Crippen LogP contribution in [-0.2, 0) is 5.41 Å². The van der Waals surface area contributed by atoms with Crippen molar-refractivity contribution in [2.45, 2.75) is 18.3 Å². The standard InChI is InChI=1S/C10H7BrClN/c11-7-1-2-8(9(12)5-7)10(6-13)3-4-10/h1-2,5H,3-4H2. The van der Waals surface area contributed by atoms with Crippen LogP contribution in [0.15, 0.2) is 22.7 Å². The number of nitriles is 1. The second-order valence-corrected chi connectivity index (χ2v) is 4.64. The van der Waals surface area contributed by atoms with Crippen molar-refractivity contribution in [2.75, 3.05) is 0 Å². The van der Waals surface area contributed by atoms with Gasteiger partial charge in [-0.05, 0) is 30.5 Å². The lowest BCUT2D eigenvalue weighted by Crippen LogP contribution is -2.02. The molecule has 0 saturated heterocycles. The zero-order valence-corrected chi connectivity index (χ0v) is 9.19. The summed E-state index contributed by atoms with van der Waals surface area (Å²) in [6.07, 6.45) is 1.87. The van der Waals surface area contributed by atoms with Gasteiger partial charge in [-0.2, -0.15) is 5.26 Å². The number of hydrogen-bond donors (Lipinski definition) is 0. The van der Waals surface area contributed by atoms with Gasteiger partial charge in [0, 0.05) is 9.50 Å². The highest BCUT2D eigenvalue weighted by Gasteiger charge is 2.46. The van der Waals surface area contributed by atoms with Gasteiger partial charge in [-0.15, -0.1) is 0 Å². The average Bonchev–Trinajstić information content (AvgIpc) is 2.85. The molecule has 0 aliphatic heterocycles. The minimum Gasteiger partial charge on any atom is -0.197 e. The number of hydrogen-bond acceptors (Lipinski definition) is 1. The van der Waals surface area contributed by atoms with Crippen molar-refractivity contribution in [2.24, 2.45) is 0 Å². The van der Waals surface area contributed by atoms with Gasteiger partial charge in [0.15, 0.2) is 0 Å². The Bertz CT molecular complexity index is 390. The fourth-order valence-electron chi connectivity index (χ4n) is 1.44. The fraction of sp³-hybridized carbons (Fsp3) is 0.300. The second-order valence-electron chi connectivity index (χ2n) is 3.32.